The van der Waals surface area contributed by atoms with Gasteiger partial charge in [0, 0.05) is 30.8 Å². The van der Waals surface area contributed by atoms with E-state index in [9.17, 15) is 4.39 Å². The van der Waals surface area contributed by atoms with Crippen LogP contribution in [0.5, 0.6) is 5.75 Å². The van der Waals surface area contributed by atoms with Crippen molar-refractivity contribution in [3.05, 3.63) is 29.6 Å². The lowest BCUT2D eigenvalue weighted by Crippen LogP contribution is -2.42. The third kappa shape index (κ3) is 3.89. The van der Waals surface area contributed by atoms with Gasteiger partial charge in [-0.15, -0.1) is 0 Å². The Kier molecular flexibility index (Phi) is 4.74. The second-order valence-electron chi connectivity index (χ2n) is 5.04. The first-order valence-electron chi connectivity index (χ1n) is 6.54. The molecule has 0 amide bonds. The Bertz CT molecular complexity index is 426. The van der Waals surface area contributed by atoms with Gasteiger partial charge in [-0.1, -0.05) is 6.07 Å². The molecule has 19 heavy (non-hydrogen) atoms. The molecule has 0 spiro atoms. The number of ether oxygens (including phenoxy) is 2. The molecule has 0 bridgehead atoms. The summed E-state index contributed by atoms with van der Waals surface area (Å²) in [6.45, 7) is 4.72. The van der Waals surface area contributed by atoms with Crippen LogP contribution in [0.1, 0.15) is 18.5 Å². The van der Waals surface area contributed by atoms with Crippen molar-refractivity contribution in [3.8, 4) is 5.75 Å². The third-order valence-electron chi connectivity index (χ3n) is 3.23. The average molecular weight is 268 g/mol. The van der Waals surface area contributed by atoms with E-state index in [2.05, 4.69) is 4.90 Å². The van der Waals surface area contributed by atoms with Gasteiger partial charge in [-0.25, -0.2) is 4.39 Å². The Balaban J connectivity index is 2.00. The number of halogens is 1. The van der Waals surface area contributed by atoms with E-state index in [-0.39, 0.29) is 18.0 Å². The number of likely N-dealkylation sites (N-methyl/N-ethyl adjacent to an activating group) is 1. The zero-order valence-electron chi connectivity index (χ0n) is 11.4. The van der Waals surface area contributed by atoms with Crippen molar-refractivity contribution in [1.29, 1.82) is 0 Å². The fourth-order valence-electron chi connectivity index (χ4n) is 2.16. The van der Waals surface area contributed by atoms with Crippen molar-refractivity contribution in [2.24, 2.45) is 5.73 Å². The maximum Gasteiger partial charge on any atom is 0.127 e. The highest BCUT2D eigenvalue weighted by molar-refractivity contribution is 5.36. The predicted molar refractivity (Wildman–Crippen MR) is 71.7 cm³/mol. The molecule has 1 heterocycles. The van der Waals surface area contributed by atoms with Crippen LogP contribution in [0.2, 0.25) is 0 Å². The molecule has 2 N–H and O–H groups in total. The van der Waals surface area contributed by atoms with Crippen LogP contribution in [0.25, 0.3) is 0 Å². The summed E-state index contributed by atoms with van der Waals surface area (Å²) in [5.41, 5.74) is 6.66. The van der Waals surface area contributed by atoms with E-state index in [4.69, 9.17) is 15.2 Å². The molecule has 1 fully saturated rings. The van der Waals surface area contributed by atoms with Gasteiger partial charge in [0.1, 0.15) is 24.3 Å². The van der Waals surface area contributed by atoms with Crippen LogP contribution in [-0.2, 0) is 4.74 Å². The molecule has 1 aromatic carbocycles. The minimum atomic E-state index is -0.318. The number of hydrogen-bond donors (Lipinski definition) is 1. The summed E-state index contributed by atoms with van der Waals surface area (Å²) >= 11 is 0. The third-order valence-corrected chi connectivity index (χ3v) is 3.23. The van der Waals surface area contributed by atoms with Crippen molar-refractivity contribution < 1.29 is 13.9 Å². The number of rotatable bonds is 4. The van der Waals surface area contributed by atoms with Crippen molar-refractivity contribution >= 4 is 0 Å². The second-order valence-corrected chi connectivity index (χ2v) is 5.04. The highest BCUT2D eigenvalue weighted by Crippen LogP contribution is 2.25. The summed E-state index contributed by atoms with van der Waals surface area (Å²) < 4.78 is 24.6. The van der Waals surface area contributed by atoms with Gasteiger partial charge in [0.05, 0.1) is 6.61 Å². The summed E-state index contributed by atoms with van der Waals surface area (Å²) in [4.78, 5) is 2.19. The van der Waals surface area contributed by atoms with Crippen LogP contribution in [0.4, 0.5) is 4.39 Å². The van der Waals surface area contributed by atoms with Crippen molar-refractivity contribution in [2.75, 3.05) is 33.4 Å². The highest BCUT2D eigenvalue weighted by Gasteiger charge is 2.19. The zero-order valence-corrected chi connectivity index (χ0v) is 11.4. The van der Waals surface area contributed by atoms with Gasteiger partial charge in [0.15, 0.2) is 0 Å². The summed E-state index contributed by atoms with van der Waals surface area (Å²) in [6.07, 6.45) is 0.0166. The summed E-state index contributed by atoms with van der Waals surface area (Å²) in [6, 6.07) is 4.26. The molecule has 4 nitrogen and oxygen atoms in total. The number of hydrogen-bond acceptors (Lipinski definition) is 4. The van der Waals surface area contributed by atoms with Crippen molar-refractivity contribution in [2.45, 2.75) is 19.1 Å². The molecule has 1 aromatic rings. The molecular weight excluding hydrogens is 247 g/mol. The fourth-order valence-corrected chi connectivity index (χ4v) is 2.16. The van der Waals surface area contributed by atoms with E-state index in [0.717, 1.165) is 18.7 Å². The van der Waals surface area contributed by atoms with E-state index in [1.807, 2.05) is 14.0 Å². The quantitative estimate of drug-likeness (QED) is 0.900. The first-order chi connectivity index (χ1) is 9.06. The molecular formula is C14H21FN2O2. The minimum absolute atomic E-state index is 0.0166. The minimum Gasteiger partial charge on any atom is -0.490 e. The van der Waals surface area contributed by atoms with Crippen LogP contribution in [-0.4, -0.2) is 44.4 Å². The van der Waals surface area contributed by atoms with Crippen LogP contribution >= 0.6 is 0 Å². The van der Waals surface area contributed by atoms with Gasteiger partial charge in [-0.2, -0.15) is 0 Å². The van der Waals surface area contributed by atoms with E-state index in [0.29, 0.717) is 19.0 Å². The lowest BCUT2D eigenvalue weighted by Gasteiger charge is -2.30. The standard InChI is InChI=1S/C14H21FN2O2/c1-10(16)13-4-3-11(15)7-14(13)19-9-12-8-17(2)5-6-18-12/h3-4,7,10,12H,5-6,8-9,16H2,1-2H3/t10-,12?/m1/s1. The molecule has 0 aliphatic carbocycles. The number of morpholine rings is 1. The van der Waals surface area contributed by atoms with Crippen molar-refractivity contribution in [1.82, 2.24) is 4.90 Å². The van der Waals surface area contributed by atoms with Gasteiger partial charge in [0.25, 0.3) is 0 Å². The monoisotopic (exact) mass is 268 g/mol. The van der Waals surface area contributed by atoms with Gasteiger partial charge < -0.3 is 20.1 Å². The lowest BCUT2D eigenvalue weighted by molar-refractivity contribution is -0.0405. The first-order valence-corrected chi connectivity index (χ1v) is 6.54. The first kappa shape index (κ1) is 14.2. The Morgan fingerprint density at radius 3 is 3.05 bits per heavy atom. The van der Waals surface area contributed by atoms with Crippen molar-refractivity contribution in [3.63, 3.8) is 0 Å². The lowest BCUT2D eigenvalue weighted by atomic mass is 10.1. The van der Waals surface area contributed by atoms with Crippen LogP contribution in [0.3, 0.4) is 0 Å². The van der Waals surface area contributed by atoms with Crippen LogP contribution < -0.4 is 10.5 Å². The van der Waals surface area contributed by atoms with Gasteiger partial charge >= 0.3 is 0 Å². The predicted octanol–water partition coefficient (Wildman–Crippen LogP) is 1.55. The molecule has 0 radical (unpaired) electrons. The maximum atomic E-state index is 13.3. The Morgan fingerprint density at radius 2 is 2.37 bits per heavy atom. The molecule has 106 valence electrons. The van der Waals surface area contributed by atoms with Gasteiger partial charge in [-0.05, 0) is 20.0 Å². The Labute approximate surface area is 113 Å². The molecule has 0 aromatic heterocycles. The molecule has 5 heteroatoms. The van der Waals surface area contributed by atoms with E-state index in [1.165, 1.54) is 12.1 Å². The molecule has 1 aliphatic heterocycles. The fraction of sp³-hybridized carbons (Fsp3) is 0.571. The maximum absolute atomic E-state index is 13.3. The molecule has 1 unspecified atom stereocenters. The molecule has 2 atom stereocenters. The summed E-state index contributed by atoms with van der Waals surface area (Å²) in [5, 5.41) is 0. The van der Waals surface area contributed by atoms with E-state index >= 15 is 0 Å². The van der Waals surface area contributed by atoms with E-state index < -0.39 is 0 Å². The van der Waals surface area contributed by atoms with Gasteiger partial charge in [-0.3, -0.25) is 0 Å². The van der Waals surface area contributed by atoms with Gasteiger partial charge in [0.2, 0.25) is 0 Å². The highest BCUT2D eigenvalue weighted by atomic mass is 19.1. The molecule has 1 saturated heterocycles. The summed E-state index contributed by atoms with van der Waals surface area (Å²) in [5.74, 6) is 0.188. The molecule has 1 aliphatic rings. The zero-order chi connectivity index (χ0) is 13.8. The number of benzene rings is 1. The molecule has 0 saturated carbocycles. The summed E-state index contributed by atoms with van der Waals surface area (Å²) in [7, 11) is 2.05. The average Bonchev–Trinajstić information content (AvgIpc) is 2.36. The Hall–Kier alpha value is -1.17. The number of nitrogens with zero attached hydrogens (tertiary/aromatic N) is 1. The largest absolute Gasteiger partial charge is 0.490 e. The molecule has 2 rings (SSSR count). The smallest absolute Gasteiger partial charge is 0.127 e. The number of nitrogens with two attached hydrogens (primary N) is 1. The Morgan fingerprint density at radius 1 is 1.58 bits per heavy atom. The topological polar surface area (TPSA) is 47.7 Å². The van der Waals surface area contributed by atoms with Crippen LogP contribution in [0, 0.1) is 5.82 Å². The van der Waals surface area contributed by atoms with Crippen LogP contribution in [0.15, 0.2) is 18.2 Å². The normalized spacial score (nSPS) is 22.2. The van der Waals surface area contributed by atoms with E-state index in [1.54, 1.807) is 6.07 Å². The SMILES string of the molecule is C[C@@H](N)c1ccc(F)cc1OCC1CN(C)CCO1. The second kappa shape index (κ2) is 6.32.